The molecular formula is C52H50N4O. The fourth-order valence-corrected chi connectivity index (χ4v) is 12.2. The minimum Gasteiger partial charge on any atom is -0.461 e. The van der Waals surface area contributed by atoms with Gasteiger partial charge in [0.05, 0.1) is 11.5 Å². The lowest BCUT2D eigenvalue weighted by Gasteiger charge is -2.46. The number of nitrogens with zero attached hydrogens (tertiary/aromatic N) is 4. The molecule has 10 aliphatic rings. The molecular weight excluding hydrogens is 697 g/mol. The summed E-state index contributed by atoms with van der Waals surface area (Å²) in [5.74, 6) is 5.77. The van der Waals surface area contributed by atoms with E-state index in [4.69, 9.17) is 19.7 Å². The number of hydrogen-bond acceptors (Lipinski definition) is 5. The summed E-state index contributed by atoms with van der Waals surface area (Å²) in [5.41, 5.74) is 14.3. The minimum atomic E-state index is -0.251. The van der Waals surface area contributed by atoms with Crippen LogP contribution in [0, 0.1) is 17.3 Å². The van der Waals surface area contributed by atoms with E-state index >= 15 is 0 Å². The Morgan fingerprint density at radius 1 is 0.754 bits per heavy atom. The molecule has 5 unspecified atom stereocenters. The molecule has 5 atom stereocenters. The van der Waals surface area contributed by atoms with E-state index in [1.54, 1.807) is 22.3 Å². The molecule has 3 heterocycles. The SMILES string of the molecule is C1=CC(c2nc(C3=CCCCC3)nc(N3C4=C(CC5C(=C4)C4(C6=C(CCC=C6)OC6=C4CCC=C6)C4=C5C=CCC4)C4CCC=CC43)n2)CC(c2ccccc2)=C1. The minimum absolute atomic E-state index is 0.0777. The van der Waals surface area contributed by atoms with Crippen LogP contribution in [0.5, 0.6) is 0 Å². The van der Waals surface area contributed by atoms with Gasteiger partial charge < -0.3 is 9.64 Å². The van der Waals surface area contributed by atoms with E-state index in [0.29, 0.717) is 11.8 Å². The number of ether oxygens (including phenoxy) is 1. The quantitative estimate of drug-likeness (QED) is 0.292. The first-order chi connectivity index (χ1) is 28.3. The summed E-state index contributed by atoms with van der Waals surface area (Å²) in [5, 5.41) is 0. The number of aromatic nitrogens is 3. The van der Waals surface area contributed by atoms with Gasteiger partial charge in [0.15, 0.2) is 5.82 Å². The number of anilines is 1. The van der Waals surface area contributed by atoms with E-state index in [2.05, 4.69) is 114 Å². The highest BCUT2D eigenvalue weighted by atomic mass is 16.5. The largest absolute Gasteiger partial charge is 0.461 e. The number of rotatable bonds is 4. The molecule has 0 bridgehead atoms. The van der Waals surface area contributed by atoms with Crippen molar-refractivity contribution in [2.45, 2.75) is 102 Å². The maximum absolute atomic E-state index is 6.85. The Morgan fingerprint density at radius 3 is 2.54 bits per heavy atom. The highest BCUT2D eigenvalue weighted by Gasteiger charge is 2.59. The molecule has 2 aromatic rings. The molecule has 8 aliphatic carbocycles. The molecule has 2 aliphatic heterocycles. The lowest BCUT2D eigenvalue weighted by Crippen LogP contribution is -2.37. The molecule has 5 heteroatoms. The molecule has 1 spiro atoms. The molecule has 1 aromatic heterocycles. The molecule has 0 fully saturated rings. The van der Waals surface area contributed by atoms with Gasteiger partial charge in [0, 0.05) is 35.4 Å². The smallest absolute Gasteiger partial charge is 0.234 e. The zero-order chi connectivity index (χ0) is 37.5. The van der Waals surface area contributed by atoms with Crippen molar-refractivity contribution in [2.75, 3.05) is 4.90 Å². The molecule has 0 N–H and O–H groups in total. The molecule has 0 radical (unpaired) electrons. The highest BCUT2D eigenvalue weighted by Crippen LogP contribution is 2.69. The molecule has 5 nitrogen and oxygen atoms in total. The first-order valence-corrected chi connectivity index (χ1v) is 21.9. The summed E-state index contributed by atoms with van der Waals surface area (Å²) in [6, 6.07) is 11.0. The van der Waals surface area contributed by atoms with Gasteiger partial charge in [-0.1, -0.05) is 97.2 Å². The zero-order valence-corrected chi connectivity index (χ0v) is 32.8. The van der Waals surface area contributed by atoms with Crippen LogP contribution in [0.3, 0.4) is 0 Å². The number of allylic oxidation sites excluding steroid dienone is 20. The Bertz CT molecular complexity index is 2480. The summed E-state index contributed by atoms with van der Waals surface area (Å²) < 4.78 is 6.85. The van der Waals surface area contributed by atoms with Crippen LogP contribution < -0.4 is 4.90 Å². The molecule has 57 heavy (non-hydrogen) atoms. The maximum Gasteiger partial charge on any atom is 0.234 e. The van der Waals surface area contributed by atoms with Gasteiger partial charge in [-0.2, -0.15) is 9.97 Å². The zero-order valence-electron chi connectivity index (χ0n) is 32.8. The van der Waals surface area contributed by atoms with Crippen LogP contribution in [0.2, 0.25) is 0 Å². The van der Waals surface area contributed by atoms with Crippen molar-refractivity contribution in [3.8, 4) is 0 Å². The second-order valence-corrected chi connectivity index (χ2v) is 17.6. The van der Waals surface area contributed by atoms with Crippen LogP contribution in [-0.4, -0.2) is 21.0 Å². The lowest BCUT2D eigenvalue weighted by molar-refractivity contribution is 0.257. The van der Waals surface area contributed by atoms with Gasteiger partial charge in [0.25, 0.3) is 0 Å². The van der Waals surface area contributed by atoms with Gasteiger partial charge in [-0.25, -0.2) is 4.98 Å². The van der Waals surface area contributed by atoms with Crippen molar-refractivity contribution < 1.29 is 4.74 Å². The Kier molecular flexibility index (Phi) is 7.95. The molecule has 0 saturated heterocycles. The predicted molar refractivity (Wildman–Crippen MR) is 228 cm³/mol. The second-order valence-electron chi connectivity index (χ2n) is 17.6. The van der Waals surface area contributed by atoms with E-state index < -0.39 is 0 Å². The van der Waals surface area contributed by atoms with Crippen LogP contribution in [0.1, 0.15) is 113 Å². The van der Waals surface area contributed by atoms with E-state index in [-0.39, 0.29) is 17.4 Å². The first-order valence-electron chi connectivity index (χ1n) is 21.9. The number of benzene rings is 1. The van der Waals surface area contributed by atoms with Crippen molar-refractivity contribution in [3.05, 3.63) is 177 Å². The first kappa shape index (κ1) is 33.8. The van der Waals surface area contributed by atoms with E-state index in [9.17, 15) is 0 Å². The van der Waals surface area contributed by atoms with E-state index in [1.165, 1.54) is 52.2 Å². The standard InChI is InChI=1S/C52H50N4O/c1-3-16-33(17-4-1)35-20-15-21-36(30-35)50-53-49(34-18-5-2-6-19-34)54-51(55-50)56-45-27-12-8-23-38(45)40-31-39-37-22-7-9-24-41(37)52(44(39)32-46(40)56)42-25-10-13-28-47(42)57-48-29-14-11-26-43(48)52/h1,3-4,7,10,12,14-18,20-22,25,27,29,32,36,38-39,45H,2,5-6,8-9,11,13,19,23-24,26,28,30-31H2. The van der Waals surface area contributed by atoms with Crippen LogP contribution in [0.15, 0.2) is 160 Å². The lowest BCUT2D eigenvalue weighted by atomic mass is 9.59. The van der Waals surface area contributed by atoms with Gasteiger partial charge in [-0.3, -0.25) is 0 Å². The van der Waals surface area contributed by atoms with Crippen molar-refractivity contribution in [3.63, 3.8) is 0 Å². The van der Waals surface area contributed by atoms with Crippen LogP contribution in [-0.2, 0) is 4.74 Å². The van der Waals surface area contributed by atoms with Crippen molar-refractivity contribution in [2.24, 2.45) is 17.3 Å². The normalized spacial score (nSPS) is 30.7. The topological polar surface area (TPSA) is 51.1 Å². The van der Waals surface area contributed by atoms with E-state index in [0.717, 1.165) is 100 Å². The van der Waals surface area contributed by atoms with Crippen molar-refractivity contribution in [1.82, 2.24) is 15.0 Å². The Labute approximate surface area is 336 Å². The fourth-order valence-electron chi connectivity index (χ4n) is 12.2. The highest BCUT2D eigenvalue weighted by molar-refractivity contribution is 5.74. The third-order valence-corrected chi connectivity index (χ3v) is 14.6. The molecule has 284 valence electrons. The Morgan fingerprint density at radius 2 is 1.63 bits per heavy atom. The fraction of sp³-hybridized carbons (Fsp3) is 0.365. The van der Waals surface area contributed by atoms with Gasteiger partial charge >= 0.3 is 0 Å². The Hall–Kier alpha value is -5.29. The summed E-state index contributed by atoms with van der Waals surface area (Å²) in [6.07, 6.45) is 46.2. The van der Waals surface area contributed by atoms with Gasteiger partial charge in [0.2, 0.25) is 5.95 Å². The molecule has 0 saturated carbocycles. The average molecular weight is 747 g/mol. The van der Waals surface area contributed by atoms with E-state index in [1.807, 2.05) is 0 Å². The molecule has 12 rings (SSSR count). The molecule has 1 aromatic carbocycles. The van der Waals surface area contributed by atoms with Gasteiger partial charge in [0.1, 0.15) is 17.3 Å². The third-order valence-electron chi connectivity index (χ3n) is 14.6. The van der Waals surface area contributed by atoms with Crippen LogP contribution >= 0.6 is 0 Å². The number of fused-ring (bicyclic) bond motifs is 8. The van der Waals surface area contributed by atoms with Crippen molar-refractivity contribution >= 4 is 17.1 Å². The summed E-state index contributed by atoms with van der Waals surface area (Å²) in [6.45, 7) is 0. The summed E-state index contributed by atoms with van der Waals surface area (Å²) >= 11 is 0. The maximum atomic E-state index is 6.85. The van der Waals surface area contributed by atoms with Crippen molar-refractivity contribution in [1.29, 1.82) is 0 Å². The second kappa shape index (κ2) is 13.4. The number of hydrogen-bond donors (Lipinski definition) is 0. The average Bonchev–Trinajstić information content (AvgIpc) is 3.76. The predicted octanol–water partition coefficient (Wildman–Crippen LogP) is 12.2. The summed E-state index contributed by atoms with van der Waals surface area (Å²) in [4.78, 5) is 19.0. The monoisotopic (exact) mass is 746 g/mol. The third kappa shape index (κ3) is 5.16. The van der Waals surface area contributed by atoms with Crippen LogP contribution in [0.4, 0.5) is 5.95 Å². The van der Waals surface area contributed by atoms with Crippen LogP contribution in [0.25, 0.3) is 11.1 Å². The molecule has 0 amide bonds. The summed E-state index contributed by atoms with van der Waals surface area (Å²) in [7, 11) is 0. The Balaban J connectivity index is 1.04. The van der Waals surface area contributed by atoms with Gasteiger partial charge in [-0.15, -0.1) is 0 Å². The van der Waals surface area contributed by atoms with Gasteiger partial charge in [-0.05, 0) is 140 Å².